The third-order valence-electron chi connectivity index (χ3n) is 2.77. The van der Waals surface area contributed by atoms with Crippen LogP contribution in [0.2, 0.25) is 0 Å². The Labute approximate surface area is 112 Å². The van der Waals surface area contributed by atoms with Gasteiger partial charge >= 0.3 is 5.97 Å². The van der Waals surface area contributed by atoms with E-state index in [1.165, 1.54) is 7.11 Å². The number of pyridine rings is 1. The lowest BCUT2D eigenvalue weighted by Crippen LogP contribution is -2.30. The maximum absolute atomic E-state index is 11.8. The summed E-state index contributed by atoms with van der Waals surface area (Å²) in [7, 11) is 1.38. The van der Waals surface area contributed by atoms with E-state index in [0.717, 1.165) is 5.56 Å². The number of hydrogen-bond donors (Lipinski definition) is 1. The van der Waals surface area contributed by atoms with Gasteiger partial charge in [0.05, 0.1) is 12.8 Å². The third-order valence-corrected chi connectivity index (χ3v) is 2.77. The quantitative estimate of drug-likeness (QED) is 0.832. The molecule has 19 heavy (non-hydrogen) atoms. The van der Waals surface area contributed by atoms with Crippen LogP contribution in [0.25, 0.3) is 0 Å². The maximum Gasteiger partial charge on any atom is 0.329 e. The summed E-state index contributed by atoms with van der Waals surface area (Å²) < 4.78 is 4.81. The van der Waals surface area contributed by atoms with Gasteiger partial charge in [0.25, 0.3) is 0 Å². The fourth-order valence-corrected chi connectivity index (χ4v) is 1.79. The summed E-state index contributed by atoms with van der Waals surface area (Å²) in [6, 6.07) is 14.8. The number of nitrogens with one attached hydrogen (secondary N) is 1. The van der Waals surface area contributed by atoms with Crippen molar-refractivity contribution in [1.29, 1.82) is 0 Å². The van der Waals surface area contributed by atoms with Crippen LogP contribution in [0.1, 0.15) is 17.3 Å². The van der Waals surface area contributed by atoms with Gasteiger partial charge in [-0.25, -0.2) is 4.79 Å². The van der Waals surface area contributed by atoms with E-state index >= 15 is 0 Å². The Morgan fingerprint density at radius 3 is 2.58 bits per heavy atom. The summed E-state index contributed by atoms with van der Waals surface area (Å²) in [5.74, 6) is -0.338. The maximum atomic E-state index is 11.8. The molecule has 0 fully saturated rings. The van der Waals surface area contributed by atoms with Crippen LogP contribution in [0.15, 0.2) is 54.7 Å². The number of ether oxygens (including phenoxy) is 1. The number of esters is 1. The van der Waals surface area contributed by atoms with Crippen LogP contribution in [-0.2, 0) is 16.1 Å². The summed E-state index contributed by atoms with van der Waals surface area (Å²) in [6.07, 6.45) is 1.66. The molecule has 0 saturated carbocycles. The summed E-state index contributed by atoms with van der Waals surface area (Å²) in [5, 5.41) is 3.17. The number of carbonyl (C=O) groups is 1. The van der Waals surface area contributed by atoms with Crippen molar-refractivity contribution < 1.29 is 9.53 Å². The van der Waals surface area contributed by atoms with Crippen molar-refractivity contribution in [3.05, 3.63) is 66.0 Å². The lowest BCUT2D eigenvalue weighted by Gasteiger charge is -2.15. The van der Waals surface area contributed by atoms with E-state index in [1.54, 1.807) is 12.3 Å². The summed E-state index contributed by atoms with van der Waals surface area (Å²) in [4.78, 5) is 16.0. The fraction of sp³-hybridized carbons (Fsp3) is 0.200. The van der Waals surface area contributed by atoms with Gasteiger partial charge in [-0.3, -0.25) is 10.3 Å². The van der Waals surface area contributed by atoms with E-state index in [4.69, 9.17) is 4.74 Å². The molecule has 4 nitrogen and oxygen atoms in total. The molecule has 1 heterocycles. The molecule has 0 amide bonds. The highest BCUT2D eigenvalue weighted by atomic mass is 16.5. The Morgan fingerprint density at radius 2 is 1.95 bits per heavy atom. The lowest BCUT2D eigenvalue weighted by atomic mass is 10.1. The minimum atomic E-state index is -0.550. The number of carbonyl (C=O) groups excluding carboxylic acids is 1. The normalized spacial score (nSPS) is 11.8. The first kappa shape index (κ1) is 13.2. The zero-order valence-electron chi connectivity index (χ0n) is 10.7. The molecule has 1 N–H and O–H groups in total. The highest BCUT2D eigenvalue weighted by molar-refractivity contribution is 5.76. The van der Waals surface area contributed by atoms with Gasteiger partial charge in [-0.05, 0) is 17.7 Å². The standard InChI is InChI=1S/C15H16N2O2/c1-19-15(18)14(13-9-5-6-10-16-13)17-11-12-7-3-2-4-8-12/h2-10,14,17H,11H2,1H3. The fourth-order valence-electron chi connectivity index (χ4n) is 1.79. The van der Waals surface area contributed by atoms with E-state index in [-0.39, 0.29) is 5.97 Å². The van der Waals surface area contributed by atoms with E-state index in [9.17, 15) is 4.79 Å². The Morgan fingerprint density at radius 1 is 1.21 bits per heavy atom. The largest absolute Gasteiger partial charge is 0.468 e. The molecule has 0 radical (unpaired) electrons. The number of rotatable bonds is 5. The van der Waals surface area contributed by atoms with Gasteiger partial charge in [0.1, 0.15) is 6.04 Å². The molecular weight excluding hydrogens is 240 g/mol. The monoisotopic (exact) mass is 256 g/mol. The highest BCUT2D eigenvalue weighted by Gasteiger charge is 2.21. The minimum absolute atomic E-state index is 0.338. The Kier molecular flexibility index (Phi) is 4.64. The highest BCUT2D eigenvalue weighted by Crippen LogP contribution is 2.12. The molecule has 0 bridgehead atoms. The molecule has 0 saturated heterocycles. The second-order valence-corrected chi connectivity index (χ2v) is 4.08. The first-order valence-electron chi connectivity index (χ1n) is 6.07. The van der Waals surface area contributed by atoms with Crippen LogP contribution in [0.3, 0.4) is 0 Å². The van der Waals surface area contributed by atoms with Gasteiger partial charge in [-0.1, -0.05) is 36.4 Å². The predicted octanol–water partition coefficient (Wildman–Crippen LogP) is 2.09. The smallest absolute Gasteiger partial charge is 0.329 e. The number of benzene rings is 1. The molecule has 0 aliphatic heterocycles. The van der Waals surface area contributed by atoms with Crippen LogP contribution in [0.4, 0.5) is 0 Å². The number of nitrogens with zero attached hydrogens (tertiary/aromatic N) is 1. The first-order chi connectivity index (χ1) is 9.31. The molecular formula is C15H16N2O2. The molecule has 1 aromatic carbocycles. The second-order valence-electron chi connectivity index (χ2n) is 4.08. The topological polar surface area (TPSA) is 51.2 Å². The van der Waals surface area contributed by atoms with Crippen LogP contribution in [0, 0.1) is 0 Å². The predicted molar refractivity (Wildman–Crippen MR) is 72.3 cm³/mol. The number of hydrogen-bond acceptors (Lipinski definition) is 4. The number of aromatic nitrogens is 1. The molecule has 98 valence electrons. The van der Waals surface area contributed by atoms with Gasteiger partial charge in [-0.2, -0.15) is 0 Å². The molecule has 0 aliphatic carbocycles. The number of methoxy groups -OCH3 is 1. The average Bonchev–Trinajstić information content (AvgIpc) is 2.49. The van der Waals surface area contributed by atoms with Crippen molar-refractivity contribution in [3.63, 3.8) is 0 Å². The van der Waals surface area contributed by atoms with Crippen LogP contribution < -0.4 is 5.32 Å². The van der Waals surface area contributed by atoms with E-state index < -0.39 is 6.04 Å². The zero-order chi connectivity index (χ0) is 13.5. The Hall–Kier alpha value is -2.20. The van der Waals surface area contributed by atoms with E-state index in [0.29, 0.717) is 12.2 Å². The minimum Gasteiger partial charge on any atom is -0.468 e. The van der Waals surface area contributed by atoms with Gasteiger partial charge in [0.2, 0.25) is 0 Å². The second kappa shape index (κ2) is 6.66. The molecule has 0 spiro atoms. The van der Waals surface area contributed by atoms with Gasteiger partial charge < -0.3 is 4.74 Å². The molecule has 0 aliphatic rings. The van der Waals surface area contributed by atoms with Crippen molar-refractivity contribution in [2.75, 3.05) is 7.11 Å². The molecule has 4 heteroatoms. The van der Waals surface area contributed by atoms with Gasteiger partial charge in [0, 0.05) is 12.7 Å². The van der Waals surface area contributed by atoms with Crippen molar-refractivity contribution in [2.24, 2.45) is 0 Å². The molecule has 2 aromatic rings. The first-order valence-corrected chi connectivity index (χ1v) is 6.07. The molecule has 1 atom stereocenters. The van der Waals surface area contributed by atoms with Crippen LogP contribution in [-0.4, -0.2) is 18.1 Å². The van der Waals surface area contributed by atoms with Gasteiger partial charge in [-0.15, -0.1) is 0 Å². The lowest BCUT2D eigenvalue weighted by molar-refractivity contribution is -0.143. The SMILES string of the molecule is COC(=O)C(NCc1ccccc1)c1ccccn1. The Bertz CT molecular complexity index is 514. The molecule has 1 aromatic heterocycles. The van der Waals surface area contributed by atoms with Crippen LogP contribution >= 0.6 is 0 Å². The van der Waals surface area contributed by atoms with Crippen molar-refractivity contribution in [2.45, 2.75) is 12.6 Å². The van der Waals surface area contributed by atoms with Crippen molar-refractivity contribution in [3.8, 4) is 0 Å². The average molecular weight is 256 g/mol. The summed E-state index contributed by atoms with van der Waals surface area (Å²) in [5.41, 5.74) is 1.76. The summed E-state index contributed by atoms with van der Waals surface area (Å²) >= 11 is 0. The van der Waals surface area contributed by atoms with Crippen LogP contribution in [0.5, 0.6) is 0 Å². The molecule has 1 unspecified atom stereocenters. The van der Waals surface area contributed by atoms with Crippen molar-refractivity contribution >= 4 is 5.97 Å². The molecule has 2 rings (SSSR count). The Balaban J connectivity index is 2.09. The van der Waals surface area contributed by atoms with E-state index in [2.05, 4.69) is 10.3 Å². The third kappa shape index (κ3) is 3.63. The summed E-state index contributed by atoms with van der Waals surface area (Å²) in [6.45, 7) is 0.581. The zero-order valence-corrected chi connectivity index (χ0v) is 10.7. The van der Waals surface area contributed by atoms with Crippen molar-refractivity contribution in [1.82, 2.24) is 10.3 Å². The van der Waals surface area contributed by atoms with E-state index in [1.807, 2.05) is 42.5 Å². The van der Waals surface area contributed by atoms with Gasteiger partial charge in [0.15, 0.2) is 0 Å².